The van der Waals surface area contributed by atoms with E-state index in [1.165, 1.54) is 6.42 Å². The SMILES string of the molecule is C1=CC2(CCN2)N1. The molecule has 2 aliphatic rings. The molecule has 2 rings (SSSR count). The Morgan fingerprint density at radius 2 is 2.29 bits per heavy atom. The van der Waals surface area contributed by atoms with Gasteiger partial charge in [0, 0.05) is 13.0 Å². The zero-order valence-corrected chi connectivity index (χ0v) is 4.07. The molecule has 0 aliphatic carbocycles. The van der Waals surface area contributed by atoms with Gasteiger partial charge in [0.25, 0.3) is 0 Å². The third-order valence-corrected chi connectivity index (χ3v) is 1.67. The lowest BCUT2D eigenvalue weighted by atomic mass is 9.94. The molecule has 0 aromatic rings. The second-order valence-electron chi connectivity index (χ2n) is 2.13. The Morgan fingerprint density at radius 1 is 1.57 bits per heavy atom. The van der Waals surface area contributed by atoms with E-state index in [4.69, 9.17) is 0 Å². The first kappa shape index (κ1) is 3.50. The molecule has 1 spiro atoms. The van der Waals surface area contributed by atoms with Crippen molar-refractivity contribution in [2.45, 2.75) is 12.1 Å². The monoisotopic (exact) mass is 96.1 g/mol. The molecule has 7 heavy (non-hydrogen) atoms. The minimum absolute atomic E-state index is 0.264. The van der Waals surface area contributed by atoms with Crippen LogP contribution in [0.2, 0.25) is 0 Å². The first-order valence-electron chi connectivity index (χ1n) is 2.62. The molecular formula is C5H8N2. The lowest BCUT2D eigenvalue weighted by Crippen LogP contribution is -2.67. The van der Waals surface area contributed by atoms with E-state index in [1.807, 2.05) is 6.20 Å². The molecule has 0 aromatic carbocycles. The summed E-state index contributed by atoms with van der Waals surface area (Å²) in [5, 5.41) is 6.43. The molecule has 1 unspecified atom stereocenters. The highest BCUT2D eigenvalue weighted by molar-refractivity contribution is 5.19. The van der Waals surface area contributed by atoms with Crippen molar-refractivity contribution in [3.8, 4) is 0 Å². The summed E-state index contributed by atoms with van der Waals surface area (Å²) < 4.78 is 0. The first-order chi connectivity index (χ1) is 3.41. The number of nitrogens with one attached hydrogen (secondary N) is 2. The van der Waals surface area contributed by atoms with Crippen molar-refractivity contribution in [2.24, 2.45) is 0 Å². The van der Waals surface area contributed by atoms with E-state index < -0.39 is 0 Å². The highest BCUT2D eigenvalue weighted by Gasteiger charge is 2.36. The third kappa shape index (κ3) is 0.280. The van der Waals surface area contributed by atoms with Crippen LogP contribution in [0.3, 0.4) is 0 Å². The average molecular weight is 96.1 g/mol. The molecular weight excluding hydrogens is 88.1 g/mol. The molecule has 1 saturated heterocycles. The van der Waals surface area contributed by atoms with Gasteiger partial charge in [0.15, 0.2) is 0 Å². The molecule has 2 nitrogen and oxygen atoms in total. The summed E-state index contributed by atoms with van der Waals surface area (Å²) in [5.41, 5.74) is 0.264. The quantitative estimate of drug-likeness (QED) is 0.436. The van der Waals surface area contributed by atoms with E-state index >= 15 is 0 Å². The van der Waals surface area contributed by atoms with Gasteiger partial charge in [-0.1, -0.05) is 0 Å². The van der Waals surface area contributed by atoms with E-state index in [0.717, 1.165) is 6.54 Å². The smallest absolute Gasteiger partial charge is 0.110 e. The lowest BCUT2D eigenvalue weighted by Gasteiger charge is -2.46. The van der Waals surface area contributed by atoms with Crippen LogP contribution in [-0.4, -0.2) is 12.2 Å². The molecule has 2 N–H and O–H groups in total. The lowest BCUT2D eigenvalue weighted by molar-refractivity contribution is 0.213. The molecule has 1 fully saturated rings. The largest absolute Gasteiger partial charge is 0.370 e. The highest BCUT2D eigenvalue weighted by atomic mass is 15.3. The van der Waals surface area contributed by atoms with E-state index in [9.17, 15) is 0 Å². The van der Waals surface area contributed by atoms with Crippen molar-refractivity contribution in [3.63, 3.8) is 0 Å². The maximum absolute atomic E-state index is 3.26. The van der Waals surface area contributed by atoms with Crippen LogP contribution in [0, 0.1) is 0 Å². The Hall–Kier alpha value is -0.500. The summed E-state index contributed by atoms with van der Waals surface area (Å²) in [6.07, 6.45) is 5.40. The second-order valence-corrected chi connectivity index (χ2v) is 2.13. The molecule has 2 heterocycles. The van der Waals surface area contributed by atoms with Crippen LogP contribution >= 0.6 is 0 Å². The zero-order chi connectivity index (χ0) is 4.74. The van der Waals surface area contributed by atoms with Gasteiger partial charge in [-0.15, -0.1) is 0 Å². The van der Waals surface area contributed by atoms with Crippen molar-refractivity contribution in [1.82, 2.24) is 10.6 Å². The Labute approximate surface area is 42.6 Å². The fourth-order valence-electron chi connectivity index (χ4n) is 0.944. The Kier molecular flexibility index (Phi) is 0.421. The van der Waals surface area contributed by atoms with Crippen molar-refractivity contribution in [1.29, 1.82) is 0 Å². The average Bonchev–Trinajstić information content (AvgIpc) is 1.20. The predicted octanol–water partition coefficient (Wildman–Crippen LogP) is -0.207. The van der Waals surface area contributed by atoms with E-state index in [1.54, 1.807) is 0 Å². The molecule has 1 atom stereocenters. The summed E-state index contributed by atoms with van der Waals surface area (Å²) in [6.45, 7) is 1.16. The van der Waals surface area contributed by atoms with Crippen molar-refractivity contribution in [3.05, 3.63) is 12.3 Å². The van der Waals surface area contributed by atoms with Gasteiger partial charge in [-0.25, -0.2) is 0 Å². The minimum atomic E-state index is 0.264. The molecule has 0 bridgehead atoms. The Morgan fingerprint density at radius 3 is 2.29 bits per heavy atom. The van der Waals surface area contributed by atoms with Gasteiger partial charge in [-0.2, -0.15) is 0 Å². The molecule has 0 radical (unpaired) electrons. The van der Waals surface area contributed by atoms with Crippen LogP contribution in [0.4, 0.5) is 0 Å². The third-order valence-electron chi connectivity index (χ3n) is 1.67. The minimum Gasteiger partial charge on any atom is -0.370 e. The molecule has 0 saturated carbocycles. The van der Waals surface area contributed by atoms with Gasteiger partial charge in [-0.05, 0) is 12.3 Å². The molecule has 2 heteroatoms. The summed E-state index contributed by atoms with van der Waals surface area (Å²) in [4.78, 5) is 0. The number of hydrogen-bond acceptors (Lipinski definition) is 2. The van der Waals surface area contributed by atoms with Gasteiger partial charge in [0.1, 0.15) is 5.66 Å². The van der Waals surface area contributed by atoms with Gasteiger partial charge < -0.3 is 5.32 Å². The van der Waals surface area contributed by atoms with Crippen LogP contribution in [0.15, 0.2) is 12.3 Å². The van der Waals surface area contributed by atoms with Gasteiger partial charge in [0.05, 0.1) is 0 Å². The van der Waals surface area contributed by atoms with E-state index in [2.05, 4.69) is 16.7 Å². The summed E-state index contributed by atoms with van der Waals surface area (Å²) in [5.74, 6) is 0. The standard InChI is InChI=1S/C5H8N2/c1-3-6-5(1)2-4-7-5/h1,3,6-7H,2,4H2. The molecule has 2 aliphatic heterocycles. The van der Waals surface area contributed by atoms with Crippen molar-refractivity contribution < 1.29 is 0 Å². The van der Waals surface area contributed by atoms with Crippen LogP contribution in [0.1, 0.15) is 6.42 Å². The highest BCUT2D eigenvalue weighted by Crippen LogP contribution is 2.21. The summed E-state index contributed by atoms with van der Waals surface area (Å²) in [7, 11) is 0. The predicted molar refractivity (Wildman–Crippen MR) is 27.6 cm³/mol. The van der Waals surface area contributed by atoms with Crippen LogP contribution in [0.25, 0.3) is 0 Å². The van der Waals surface area contributed by atoms with Crippen LogP contribution < -0.4 is 10.6 Å². The topological polar surface area (TPSA) is 24.1 Å². The first-order valence-corrected chi connectivity index (χ1v) is 2.62. The number of rotatable bonds is 0. The summed E-state index contributed by atoms with van der Waals surface area (Å²) in [6, 6.07) is 0. The fourth-order valence-corrected chi connectivity index (χ4v) is 0.944. The summed E-state index contributed by atoms with van der Waals surface area (Å²) >= 11 is 0. The van der Waals surface area contributed by atoms with Gasteiger partial charge in [0.2, 0.25) is 0 Å². The van der Waals surface area contributed by atoms with Crippen LogP contribution in [0.5, 0.6) is 0 Å². The van der Waals surface area contributed by atoms with Gasteiger partial charge in [-0.3, -0.25) is 5.32 Å². The zero-order valence-electron chi connectivity index (χ0n) is 4.07. The molecule has 0 amide bonds. The second kappa shape index (κ2) is 0.842. The van der Waals surface area contributed by atoms with E-state index in [-0.39, 0.29) is 5.66 Å². The van der Waals surface area contributed by atoms with Crippen molar-refractivity contribution >= 4 is 0 Å². The van der Waals surface area contributed by atoms with Crippen LogP contribution in [-0.2, 0) is 0 Å². The normalized spacial score (nSPS) is 44.6. The molecule has 0 aromatic heterocycles. The van der Waals surface area contributed by atoms with E-state index in [0.29, 0.717) is 0 Å². The maximum Gasteiger partial charge on any atom is 0.110 e. The fraction of sp³-hybridized carbons (Fsp3) is 0.600. The van der Waals surface area contributed by atoms with Crippen molar-refractivity contribution in [2.75, 3.05) is 6.54 Å². The Bertz CT molecular complexity index is 113. The molecule has 38 valence electrons. The maximum atomic E-state index is 3.26. The Balaban J connectivity index is 2.15. The number of hydrogen-bond donors (Lipinski definition) is 2. The van der Waals surface area contributed by atoms with Gasteiger partial charge >= 0.3 is 0 Å².